The number of nitrogens with two attached hydrogens (primary N) is 1. The summed E-state index contributed by atoms with van der Waals surface area (Å²) in [6.07, 6.45) is 0. The first kappa shape index (κ1) is 22.4. The Morgan fingerprint density at radius 2 is 1.43 bits per heavy atom. The van der Waals surface area contributed by atoms with E-state index in [0.717, 1.165) is 0 Å². The topological polar surface area (TPSA) is 143 Å². The molecule has 30 heavy (non-hydrogen) atoms. The van der Waals surface area contributed by atoms with E-state index < -0.39 is 20.0 Å². The fourth-order valence-corrected chi connectivity index (χ4v) is 4.44. The first-order chi connectivity index (χ1) is 14.1. The van der Waals surface area contributed by atoms with Gasteiger partial charge in [-0.15, -0.1) is 0 Å². The zero-order valence-electron chi connectivity index (χ0n) is 15.7. The summed E-state index contributed by atoms with van der Waals surface area (Å²) in [7, 11) is -7.71. The number of morpholine rings is 1. The molecule has 1 fully saturated rings. The van der Waals surface area contributed by atoms with Crippen LogP contribution in [0.15, 0.2) is 58.3 Å². The van der Waals surface area contributed by atoms with Crippen LogP contribution in [0, 0.1) is 0 Å². The normalized spacial score (nSPS) is 15.4. The zero-order valence-corrected chi connectivity index (χ0v) is 18.2. The molecular formula is C17H21N5O5S3. The highest BCUT2D eigenvalue weighted by molar-refractivity contribution is 7.92. The Morgan fingerprint density at radius 3 is 2.00 bits per heavy atom. The van der Waals surface area contributed by atoms with E-state index >= 15 is 0 Å². The van der Waals surface area contributed by atoms with Crippen molar-refractivity contribution >= 4 is 48.8 Å². The fraction of sp³-hybridized carbons (Fsp3) is 0.235. The molecule has 0 aliphatic carbocycles. The molecule has 2 aromatic carbocycles. The van der Waals surface area contributed by atoms with E-state index in [1.54, 1.807) is 12.1 Å². The molecule has 0 spiro atoms. The van der Waals surface area contributed by atoms with Crippen molar-refractivity contribution in [3.8, 4) is 0 Å². The van der Waals surface area contributed by atoms with Gasteiger partial charge in [-0.2, -0.15) is 0 Å². The van der Waals surface area contributed by atoms with Crippen molar-refractivity contribution in [1.29, 1.82) is 0 Å². The highest BCUT2D eigenvalue weighted by Gasteiger charge is 2.16. The number of rotatable bonds is 6. The van der Waals surface area contributed by atoms with Gasteiger partial charge in [-0.3, -0.25) is 10.1 Å². The van der Waals surface area contributed by atoms with E-state index in [1.807, 2.05) is 5.01 Å². The second-order valence-electron chi connectivity index (χ2n) is 6.36. The molecule has 10 nitrogen and oxygen atoms in total. The summed E-state index contributed by atoms with van der Waals surface area (Å²) < 4.78 is 55.3. The predicted octanol–water partition coefficient (Wildman–Crippen LogP) is 0.668. The average Bonchev–Trinajstić information content (AvgIpc) is 2.68. The van der Waals surface area contributed by atoms with Gasteiger partial charge in [0.2, 0.25) is 10.0 Å². The summed E-state index contributed by atoms with van der Waals surface area (Å²) in [5.41, 5.74) is 3.88. The van der Waals surface area contributed by atoms with E-state index in [4.69, 9.17) is 22.1 Å². The van der Waals surface area contributed by atoms with E-state index in [1.165, 1.54) is 36.4 Å². The monoisotopic (exact) mass is 471 g/mol. The molecule has 0 unspecified atom stereocenters. The van der Waals surface area contributed by atoms with Gasteiger partial charge in [0.15, 0.2) is 5.11 Å². The molecule has 3 rings (SSSR count). The van der Waals surface area contributed by atoms with Crippen molar-refractivity contribution in [2.75, 3.05) is 36.3 Å². The Kier molecular flexibility index (Phi) is 6.90. The molecule has 0 bridgehead atoms. The van der Waals surface area contributed by atoms with Gasteiger partial charge >= 0.3 is 0 Å². The van der Waals surface area contributed by atoms with Crippen molar-refractivity contribution in [1.82, 2.24) is 10.4 Å². The molecule has 0 atom stereocenters. The Hall–Kier alpha value is -2.29. The third-order valence-corrected chi connectivity index (χ3v) is 6.65. The van der Waals surface area contributed by atoms with Gasteiger partial charge in [0.05, 0.1) is 23.0 Å². The Morgan fingerprint density at radius 1 is 0.900 bits per heavy atom. The molecule has 0 amide bonds. The maximum Gasteiger partial charge on any atom is 0.261 e. The van der Waals surface area contributed by atoms with Gasteiger partial charge in [0.1, 0.15) is 0 Å². The van der Waals surface area contributed by atoms with Crippen LogP contribution in [0.4, 0.5) is 11.4 Å². The van der Waals surface area contributed by atoms with Crippen molar-refractivity contribution < 1.29 is 21.6 Å². The minimum Gasteiger partial charge on any atom is -0.379 e. The predicted molar refractivity (Wildman–Crippen MR) is 117 cm³/mol. The number of hydrazine groups is 1. The third-order valence-electron chi connectivity index (χ3n) is 4.13. The second-order valence-corrected chi connectivity index (χ2v) is 10.0. The molecule has 1 aliphatic heterocycles. The Bertz CT molecular complexity index is 1100. The standard InChI is InChI=1S/C17H21N5O5S3/c18-29(23,24)15-5-3-14(4-6-15)21-30(25,26)16-7-1-13(2-8-16)19-17(28)20-22-9-11-27-12-10-22/h1-8,21H,9-12H2,(H2,18,23,24)(H2,19,20,28). The molecule has 0 saturated carbocycles. The summed E-state index contributed by atoms with van der Waals surface area (Å²) in [6, 6.07) is 11.1. The van der Waals surface area contributed by atoms with Gasteiger partial charge in [0, 0.05) is 24.5 Å². The lowest BCUT2D eigenvalue weighted by Gasteiger charge is -2.28. The van der Waals surface area contributed by atoms with Crippen LogP contribution < -0.4 is 20.6 Å². The Labute approximate surface area is 180 Å². The number of benzene rings is 2. The van der Waals surface area contributed by atoms with Gasteiger partial charge in [0.25, 0.3) is 10.0 Å². The summed E-state index contributed by atoms with van der Waals surface area (Å²) >= 11 is 5.26. The number of hydrogen-bond acceptors (Lipinski definition) is 7. The summed E-state index contributed by atoms with van der Waals surface area (Å²) in [5, 5.41) is 10.3. The molecule has 162 valence electrons. The van der Waals surface area contributed by atoms with Crippen LogP contribution in [0.5, 0.6) is 0 Å². The minimum absolute atomic E-state index is 0.0376. The molecule has 2 aromatic rings. The highest BCUT2D eigenvalue weighted by atomic mass is 32.2. The summed E-state index contributed by atoms with van der Waals surface area (Å²) in [6.45, 7) is 2.67. The molecule has 0 radical (unpaired) electrons. The number of nitrogens with zero attached hydrogens (tertiary/aromatic N) is 1. The molecule has 1 heterocycles. The maximum absolute atomic E-state index is 12.5. The van der Waals surface area contributed by atoms with Gasteiger partial charge in [-0.25, -0.2) is 27.0 Å². The lowest BCUT2D eigenvalue weighted by Crippen LogP contribution is -2.49. The average molecular weight is 472 g/mol. The van der Waals surface area contributed by atoms with E-state index in [-0.39, 0.29) is 15.5 Å². The van der Waals surface area contributed by atoms with Crippen LogP contribution in [-0.4, -0.2) is 53.3 Å². The van der Waals surface area contributed by atoms with Gasteiger partial charge in [-0.1, -0.05) is 0 Å². The van der Waals surface area contributed by atoms with E-state index in [2.05, 4.69) is 15.5 Å². The SMILES string of the molecule is NS(=O)(=O)c1ccc(NS(=O)(=O)c2ccc(NC(=S)NN3CCOCC3)cc2)cc1. The molecule has 1 aliphatic rings. The van der Waals surface area contributed by atoms with Crippen molar-refractivity contribution in [3.63, 3.8) is 0 Å². The molecule has 5 N–H and O–H groups in total. The highest BCUT2D eigenvalue weighted by Crippen LogP contribution is 2.19. The lowest BCUT2D eigenvalue weighted by atomic mass is 10.3. The number of sulfonamides is 2. The number of thiocarbonyl (C=S) groups is 1. The third kappa shape index (κ3) is 6.10. The van der Waals surface area contributed by atoms with Crippen LogP contribution in [0.1, 0.15) is 0 Å². The molecule has 1 saturated heterocycles. The van der Waals surface area contributed by atoms with E-state index in [9.17, 15) is 16.8 Å². The minimum atomic E-state index is -3.86. The Balaban J connectivity index is 1.62. The smallest absolute Gasteiger partial charge is 0.261 e. The number of anilines is 2. The van der Waals surface area contributed by atoms with Crippen molar-refractivity contribution in [2.45, 2.75) is 9.79 Å². The zero-order chi connectivity index (χ0) is 21.8. The fourth-order valence-electron chi connectivity index (χ4n) is 2.62. The first-order valence-electron chi connectivity index (χ1n) is 8.80. The number of primary sulfonamides is 1. The lowest BCUT2D eigenvalue weighted by molar-refractivity contribution is 0.0252. The molecule has 0 aromatic heterocycles. The van der Waals surface area contributed by atoms with Crippen LogP contribution in [0.3, 0.4) is 0 Å². The number of nitrogens with one attached hydrogen (secondary N) is 3. The van der Waals surface area contributed by atoms with Crippen LogP contribution >= 0.6 is 12.2 Å². The second kappa shape index (κ2) is 9.24. The number of ether oxygens (including phenoxy) is 1. The maximum atomic E-state index is 12.5. The largest absolute Gasteiger partial charge is 0.379 e. The van der Waals surface area contributed by atoms with Crippen molar-refractivity contribution in [3.05, 3.63) is 48.5 Å². The van der Waals surface area contributed by atoms with Crippen molar-refractivity contribution in [2.24, 2.45) is 5.14 Å². The van der Waals surface area contributed by atoms with Gasteiger partial charge < -0.3 is 10.1 Å². The summed E-state index contributed by atoms with van der Waals surface area (Å²) in [5.74, 6) is 0. The molecule has 13 heteroatoms. The first-order valence-corrected chi connectivity index (χ1v) is 12.2. The summed E-state index contributed by atoms with van der Waals surface area (Å²) in [4.78, 5) is -0.0711. The molecular weight excluding hydrogens is 450 g/mol. The van der Waals surface area contributed by atoms with Crippen LogP contribution in [-0.2, 0) is 24.8 Å². The van der Waals surface area contributed by atoms with Crippen LogP contribution in [0.25, 0.3) is 0 Å². The van der Waals surface area contributed by atoms with Gasteiger partial charge in [-0.05, 0) is 60.7 Å². The quantitative estimate of drug-likeness (QED) is 0.447. The number of hydrogen-bond donors (Lipinski definition) is 4. The van der Waals surface area contributed by atoms with E-state index in [0.29, 0.717) is 37.1 Å². The van der Waals surface area contributed by atoms with Crippen LogP contribution in [0.2, 0.25) is 0 Å².